The van der Waals surface area contributed by atoms with Crippen LogP contribution >= 0.6 is 0 Å². The molecule has 0 aliphatic carbocycles. The van der Waals surface area contributed by atoms with E-state index in [2.05, 4.69) is 31.9 Å². The predicted molar refractivity (Wildman–Crippen MR) is 85.8 cm³/mol. The number of nitrogens with zero attached hydrogens (tertiary/aromatic N) is 2. The summed E-state index contributed by atoms with van der Waals surface area (Å²) in [6.45, 7) is 11.2. The van der Waals surface area contributed by atoms with Gasteiger partial charge in [-0.25, -0.2) is 0 Å². The molecule has 0 amide bonds. The van der Waals surface area contributed by atoms with E-state index in [4.69, 9.17) is 0 Å². The van der Waals surface area contributed by atoms with Crippen molar-refractivity contribution in [3.63, 3.8) is 0 Å². The van der Waals surface area contributed by atoms with Gasteiger partial charge in [0.25, 0.3) is 0 Å². The van der Waals surface area contributed by atoms with Crippen LogP contribution in [-0.4, -0.2) is 15.6 Å². The van der Waals surface area contributed by atoms with Gasteiger partial charge in [0.2, 0.25) is 0 Å². The van der Waals surface area contributed by atoms with Gasteiger partial charge in [-0.15, -0.1) is 0 Å². The third-order valence-corrected chi connectivity index (χ3v) is 3.66. The maximum Gasteiger partial charge on any atom is 0.169 e. The number of ketones is 1. The molecule has 1 heterocycles. The minimum Gasteiger partial charge on any atom is -0.294 e. The number of Topliss-reactive ketones (excluding diaryl/α,β-unsaturated/α-hetero) is 1. The maximum absolute atomic E-state index is 12.7. The van der Waals surface area contributed by atoms with Crippen LogP contribution in [0.3, 0.4) is 0 Å². The lowest BCUT2D eigenvalue weighted by atomic mass is 9.82. The van der Waals surface area contributed by atoms with Crippen molar-refractivity contribution in [3.8, 4) is 0 Å². The van der Waals surface area contributed by atoms with Crippen molar-refractivity contribution in [1.82, 2.24) is 9.78 Å². The Bertz CT molecular complexity index is 647. The summed E-state index contributed by atoms with van der Waals surface area (Å²) >= 11 is 0. The van der Waals surface area contributed by atoms with Gasteiger partial charge in [0.15, 0.2) is 5.78 Å². The lowest BCUT2D eigenvalue weighted by molar-refractivity contribution is 0.0988. The quantitative estimate of drug-likeness (QED) is 0.797. The van der Waals surface area contributed by atoms with Crippen LogP contribution in [0.1, 0.15) is 55.0 Å². The molecule has 3 heteroatoms. The molecular weight excluding hydrogens is 260 g/mol. The molecule has 0 saturated heterocycles. The van der Waals surface area contributed by atoms with Crippen LogP contribution in [0.5, 0.6) is 0 Å². The van der Waals surface area contributed by atoms with Gasteiger partial charge < -0.3 is 0 Å². The number of aryl methyl sites for hydroxylation is 2. The molecule has 0 atom stereocenters. The van der Waals surface area contributed by atoms with Crippen molar-refractivity contribution in [2.45, 2.75) is 53.0 Å². The van der Waals surface area contributed by atoms with Crippen LogP contribution in [0.25, 0.3) is 0 Å². The van der Waals surface area contributed by atoms with Gasteiger partial charge >= 0.3 is 0 Å². The Labute approximate surface area is 127 Å². The fourth-order valence-corrected chi connectivity index (χ4v) is 2.66. The highest BCUT2D eigenvalue weighted by molar-refractivity contribution is 5.99. The summed E-state index contributed by atoms with van der Waals surface area (Å²) in [6, 6.07) is 9.92. The summed E-state index contributed by atoms with van der Waals surface area (Å²) in [5.74, 6) is 0.162. The van der Waals surface area contributed by atoms with Gasteiger partial charge in [-0.05, 0) is 30.9 Å². The minimum absolute atomic E-state index is 0.0346. The zero-order valence-electron chi connectivity index (χ0n) is 13.6. The Kier molecular flexibility index (Phi) is 4.31. The highest BCUT2D eigenvalue weighted by atomic mass is 16.1. The minimum atomic E-state index is -0.0346. The second-order valence-electron chi connectivity index (χ2n) is 6.49. The number of aromatic nitrogens is 2. The highest BCUT2D eigenvalue weighted by Crippen LogP contribution is 2.26. The first kappa shape index (κ1) is 15.5. The van der Waals surface area contributed by atoms with E-state index in [0.29, 0.717) is 6.42 Å². The standard InChI is InChI=1S/C18H24N2O/c1-6-20-14(11-13(2)19-20)12-17(21)15-9-7-8-10-16(15)18(3,4)5/h7-11H,6,12H2,1-5H3. The van der Waals surface area contributed by atoms with Crippen molar-refractivity contribution >= 4 is 5.78 Å². The van der Waals surface area contributed by atoms with Crippen LogP contribution < -0.4 is 0 Å². The molecular formula is C18H24N2O. The Morgan fingerprint density at radius 1 is 1.24 bits per heavy atom. The van der Waals surface area contributed by atoms with E-state index in [-0.39, 0.29) is 11.2 Å². The number of rotatable bonds is 4. The first-order valence-corrected chi connectivity index (χ1v) is 7.49. The van der Waals surface area contributed by atoms with Gasteiger partial charge in [-0.3, -0.25) is 9.48 Å². The Morgan fingerprint density at radius 3 is 2.52 bits per heavy atom. The Balaban J connectivity index is 2.33. The largest absolute Gasteiger partial charge is 0.294 e. The molecule has 0 unspecified atom stereocenters. The molecule has 0 fully saturated rings. The molecule has 0 N–H and O–H groups in total. The van der Waals surface area contributed by atoms with Crippen molar-refractivity contribution in [1.29, 1.82) is 0 Å². The molecule has 0 bridgehead atoms. The molecule has 3 nitrogen and oxygen atoms in total. The number of carbonyl (C=O) groups excluding carboxylic acids is 1. The summed E-state index contributed by atoms with van der Waals surface area (Å²) in [5, 5.41) is 4.41. The fourth-order valence-electron chi connectivity index (χ4n) is 2.66. The van der Waals surface area contributed by atoms with E-state index >= 15 is 0 Å². The van der Waals surface area contributed by atoms with Crippen LogP contribution in [-0.2, 0) is 18.4 Å². The molecule has 2 aromatic rings. The van der Waals surface area contributed by atoms with Crippen molar-refractivity contribution in [2.75, 3.05) is 0 Å². The van der Waals surface area contributed by atoms with Gasteiger partial charge in [-0.2, -0.15) is 5.10 Å². The van der Waals surface area contributed by atoms with E-state index in [9.17, 15) is 4.79 Å². The van der Waals surface area contributed by atoms with E-state index in [1.165, 1.54) is 0 Å². The Hall–Kier alpha value is -1.90. The number of carbonyl (C=O) groups is 1. The van der Waals surface area contributed by atoms with E-state index in [1.54, 1.807) is 0 Å². The predicted octanol–water partition coefficient (Wildman–Crippen LogP) is 3.93. The van der Waals surface area contributed by atoms with Crippen molar-refractivity contribution in [2.24, 2.45) is 0 Å². The summed E-state index contributed by atoms with van der Waals surface area (Å²) in [4.78, 5) is 12.7. The SMILES string of the molecule is CCn1nc(C)cc1CC(=O)c1ccccc1C(C)(C)C. The second kappa shape index (κ2) is 5.84. The highest BCUT2D eigenvalue weighted by Gasteiger charge is 2.22. The molecule has 1 aromatic carbocycles. The topological polar surface area (TPSA) is 34.9 Å². The third-order valence-electron chi connectivity index (χ3n) is 3.66. The number of benzene rings is 1. The van der Waals surface area contributed by atoms with E-state index in [0.717, 1.165) is 29.1 Å². The molecule has 0 aliphatic rings. The second-order valence-corrected chi connectivity index (χ2v) is 6.49. The number of hydrogen-bond donors (Lipinski definition) is 0. The zero-order valence-corrected chi connectivity index (χ0v) is 13.6. The molecule has 0 spiro atoms. The van der Waals surface area contributed by atoms with E-state index < -0.39 is 0 Å². The van der Waals surface area contributed by atoms with Crippen molar-refractivity contribution < 1.29 is 4.79 Å². The van der Waals surface area contributed by atoms with Crippen LogP contribution in [0.2, 0.25) is 0 Å². The monoisotopic (exact) mass is 284 g/mol. The van der Waals surface area contributed by atoms with Crippen LogP contribution in [0, 0.1) is 6.92 Å². The van der Waals surface area contributed by atoms with Crippen molar-refractivity contribution in [3.05, 3.63) is 52.8 Å². The zero-order chi connectivity index (χ0) is 15.6. The lowest BCUT2D eigenvalue weighted by Gasteiger charge is -2.22. The molecule has 21 heavy (non-hydrogen) atoms. The average Bonchev–Trinajstić information content (AvgIpc) is 2.77. The fraction of sp³-hybridized carbons (Fsp3) is 0.444. The molecule has 112 valence electrons. The summed E-state index contributed by atoms with van der Waals surface area (Å²) < 4.78 is 1.91. The van der Waals surface area contributed by atoms with Gasteiger partial charge in [-0.1, -0.05) is 45.0 Å². The summed E-state index contributed by atoms with van der Waals surface area (Å²) in [7, 11) is 0. The Morgan fingerprint density at radius 2 is 1.90 bits per heavy atom. The van der Waals surface area contributed by atoms with E-state index in [1.807, 2.05) is 42.8 Å². The maximum atomic E-state index is 12.7. The van der Waals surface area contributed by atoms with Crippen LogP contribution in [0.15, 0.2) is 30.3 Å². The summed E-state index contributed by atoms with van der Waals surface area (Å²) in [5.41, 5.74) is 3.85. The van der Waals surface area contributed by atoms with Gasteiger partial charge in [0.05, 0.1) is 12.1 Å². The van der Waals surface area contributed by atoms with Crippen LogP contribution in [0.4, 0.5) is 0 Å². The lowest BCUT2D eigenvalue weighted by Crippen LogP contribution is -2.18. The molecule has 2 rings (SSSR count). The molecule has 0 radical (unpaired) electrons. The van der Waals surface area contributed by atoms with Gasteiger partial charge in [0, 0.05) is 17.8 Å². The van der Waals surface area contributed by atoms with Gasteiger partial charge in [0.1, 0.15) is 0 Å². The first-order valence-electron chi connectivity index (χ1n) is 7.49. The molecule has 0 saturated carbocycles. The average molecular weight is 284 g/mol. The first-order chi connectivity index (χ1) is 9.82. The smallest absolute Gasteiger partial charge is 0.169 e. The summed E-state index contributed by atoms with van der Waals surface area (Å²) in [6.07, 6.45) is 0.405. The normalized spacial score (nSPS) is 11.7. The third kappa shape index (κ3) is 3.41. The molecule has 0 aliphatic heterocycles. The number of hydrogen-bond acceptors (Lipinski definition) is 2. The molecule has 1 aromatic heterocycles.